The smallest absolute Gasteiger partial charge is 0.497 e. The van der Waals surface area contributed by atoms with Crippen LogP contribution >= 0.6 is 0 Å². The lowest BCUT2D eigenvalue weighted by atomic mass is 9.61. The molecule has 0 aliphatic heterocycles. The Hall–Kier alpha value is -3.44. The molecule has 0 aliphatic rings. The van der Waals surface area contributed by atoms with E-state index in [4.69, 9.17) is 18.6 Å². The molecule has 0 amide bonds. The zero-order valence-electron chi connectivity index (χ0n) is 28.6. The number of hydrogen-bond acceptors (Lipinski definition) is 8. The van der Waals surface area contributed by atoms with Crippen LogP contribution in [0.2, 0.25) is 0 Å². The quantitative estimate of drug-likeness (QED) is 0.123. The molecule has 0 radical (unpaired) electrons. The van der Waals surface area contributed by atoms with Crippen molar-refractivity contribution in [3.63, 3.8) is 0 Å². The van der Waals surface area contributed by atoms with Crippen molar-refractivity contribution in [1.82, 2.24) is 0 Å². The van der Waals surface area contributed by atoms with Gasteiger partial charge in [-0.05, 0) is 80.2 Å². The third kappa shape index (κ3) is 10.8. The molecular weight excluding hydrogens is 617 g/mol. The van der Waals surface area contributed by atoms with Crippen LogP contribution in [0.15, 0.2) is 46.9 Å². The zero-order valence-corrected chi connectivity index (χ0v) is 28.6. The van der Waals surface area contributed by atoms with Crippen LogP contribution in [-0.2, 0) is 9.53 Å². The van der Waals surface area contributed by atoms with E-state index in [0.29, 0.717) is 42.4 Å². The number of benzene rings is 2. The summed E-state index contributed by atoms with van der Waals surface area (Å²) in [6.07, 6.45) is -4.72. The first-order valence-electron chi connectivity index (χ1n) is 15.9. The number of methoxy groups -OCH3 is 1. The van der Waals surface area contributed by atoms with Crippen LogP contribution in [0.5, 0.6) is 17.2 Å². The van der Waals surface area contributed by atoms with Crippen molar-refractivity contribution >= 4 is 16.9 Å². The van der Waals surface area contributed by atoms with Gasteiger partial charge in [0.15, 0.2) is 0 Å². The predicted molar refractivity (Wildman–Crippen MR) is 173 cm³/mol. The molecule has 1 aromatic heterocycles. The maximum Gasteiger partial charge on any atom is 0.573 e. The third-order valence-electron chi connectivity index (χ3n) is 8.40. The van der Waals surface area contributed by atoms with Gasteiger partial charge >= 0.3 is 12.3 Å². The van der Waals surface area contributed by atoms with E-state index >= 15 is 0 Å². The first kappa shape index (κ1) is 38.0. The number of aliphatic hydroxyl groups excluding tert-OH is 2. The number of furan rings is 1. The predicted octanol–water partition coefficient (Wildman–Crippen LogP) is 8.70. The van der Waals surface area contributed by atoms with Gasteiger partial charge in [0.1, 0.15) is 28.6 Å². The van der Waals surface area contributed by atoms with Crippen molar-refractivity contribution in [2.45, 2.75) is 99.1 Å². The van der Waals surface area contributed by atoms with Crippen LogP contribution in [-0.4, -0.2) is 55.1 Å². The number of alkyl halides is 3. The molecule has 3 atom stereocenters. The van der Waals surface area contributed by atoms with Gasteiger partial charge < -0.3 is 33.6 Å². The summed E-state index contributed by atoms with van der Waals surface area (Å²) in [5, 5.41) is 21.5. The molecule has 3 aromatic rings. The number of carbonyl (C=O) groups is 1. The lowest BCUT2D eigenvalue weighted by Gasteiger charge is -2.43. The lowest BCUT2D eigenvalue weighted by molar-refractivity contribution is -0.274. The fraction of sp³-hybridized carbons (Fsp3) is 0.583. The molecule has 0 saturated heterocycles. The second-order valence-corrected chi connectivity index (χ2v) is 14.4. The molecule has 3 rings (SSSR count). The van der Waals surface area contributed by atoms with Crippen molar-refractivity contribution in [2.24, 2.45) is 16.2 Å². The van der Waals surface area contributed by atoms with Crippen LogP contribution in [0.1, 0.15) is 80.6 Å². The molecular formula is C36H49F3O8. The van der Waals surface area contributed by atoms with Gasteiger partial charge in [0.05, 0.1) is 43.5 Å². The van der Waals surface area contributed by atoms with Crippen LogP contribution < -0.4 is 14.2 Å². The van der Waals surface area contributed by atoms with Gasteiger partial charge in [-0.1, -0.05) is 41.5 Å². The molecule has 11 heteroatoms. The average molecular weight is 667 g/mol. The first-order chi connectivity index (χ1) is 21.7. The van der Waals surface area contributed by atoms with Crippen molar-refractivity contribution in [1.29, 1.82) is 0 Å². The van der Waals surface area contributed by atoms with Gasteiger partial charge in [0.25, 0.3) is 0 Å². The number of halogens is 3. The van der Waals surface area contributed by atoms with E-state index in [1.54, 1.807) is 24.3 Å². The second kappa shape index (κ2) is 15.2. The molecule has 0 bridgehead atoms. The molecule has 1 heterocycles. The Morgan fingerprint density at radius 2 is 1.47 bits per heavy atom. The van der Waals surface area contributed by atoms with Gasteiger partial charge in [0, 0.05) is 17.5 Å². The minimum atomic E-state index is -4.90. The fourth-order valence-electron chi connectivity index (χ4n) is 5.46. The highest BCUT2D eigenvalue weighted by molar-refractivity contribution is 5.85. The van der Waals surface area contributed by atoms with Gasteiger partial charge in [-0.15, -0.1) is 13.2 Å². The fourth-order valence-corrected chi connectivity index (χ4v) is 5.46. The Kier molecular flexibility index (Phi) is 12.3. The summed E-state index contributed by atoms with van der Waals surface area (Å²) in [4.78, 5) is 13.1. The highest BCUT2D eigenvalue weighted by atomic mass is 19.4. The monoisotopic (exact) mass is 666 g/mol. The Balaban J connectivity index is 1.48. The number of esters is 1. The normalized spacial score (nSPS) is 15.2. The molecule has 0 saturated carbocycles. The number of aliphatic hydroxyl groups is 2. The van der Waals surface area contributed by atoms with Gasteiger partial charge in [-0.25, -0.2) is 0 Å². The van der Waals surface area contributed by atoms with Gasteiger partial charge in [0.2, 0.25) is 0 Å². The highest BCUT2D eigenvalue weighted by Gasteiger charge is 2.47. The summed E-state index contributed by atoms with van der Waals surface area (Å²) in [6.45, 7) is 14.8. The summed E-state index contributed by atoms with van der Waals surface area (Å²) >= 11 is 0. The van der Waals surface area contributed by atoms with E-state index in [-0.39, 0.29) is 53.5 Å². The summed E-state index contributed by atoms with van der Waals surface area (Å²) in [7, 11) is 1.34. The van der Waals surface area contributed by atoms with Crippen molar-refractivity contribution in [3.8, 4) is 28.6 Å². The minimum Gasteiger partial charge on any atom is -0.497 e. The molecule has 47 heavy (non-hydrogen) atoms. The number of ether oxygens (including phenoxy) is 4. The van der Waals surface area contributed by atoms with Crippen molar-refractivity contribution in [2.75, 3.05) is 20.3 Å². The Morgan fingerprint density at radius 3 is 2.04 bits per heavy atom. The van der Waals surface area contributed by atoms with Crippen LogP contribution in [0.3, 0.4) is 0 Å². The number of hydrogen-bond donors (Lipinski definition) is 2. The van der Waals surface area contributed by atoms with Crippen molar-refractivity contribution < 1.29 is 51.5 Å². The third-order valence-corrected chi connectivity index (χ3v) is 8.40. The van der Waals surface area contributed by atoms with E-state index in [9.17, 15) is 28.2 Å². The van der Waals surface area contributed by atoms with E-state index < -0.39 is 29.7 Å². The SMILES string of the molecule is COc1ccc(-c2cc3ccc(OCCCC(O)C(O)CCCOC(=O)C(C)(CC(C)(C)C)C(C)(C)C)cc3o2)c(OC(F)(F)F)c1. The topological polar surface area (TPSA) is 108 Å². The summed E-state index contributed by atoms with van der Waals surface area (Å²) in [5.74, 6) is 0.157. The standard InChI is InChI=1S/C36H49F3O8/c1-33(2,3)22-35(7,34(4,5)6)32(42)45-18-10-12-28(41)27(40)11-9-17-44-25-14-13-23-19-30(46-29(23)21-25)26-16-15-24(43-8)20-31(26)47-36(37,38)39/h13-16,19-21,27-28,40-41H,9-12,17-18,22H2,1-8H3. The van der Waals surface area contributed by atoms with E-state index in [1.165, 1.54) is 19.2 Å². The van der Waals surface area contributed by atoms with Crippen molar-refractivity contribution in [3.05, 3.63) is 42.5 Å². The summed E-state index contributed by atoms with van der Waals surface area (Å²) < 4.78 is 65.6. The molecule has 262 valence electrons. The maximum absolute atomic E-state index is 13.1. The first-order valence-corrected chi connectivity index (χ1v) is 15.9. The maximum atomic E-state index is 13.1. The Morgan fingerprint density at radius 1 is 0.851 bits per heavy atom. The Bertz CT molecular complexity index is 1470. The highest BCUT2D eigenvalue weighted by Crippen LogP contribution is 2.47. The Labute approximate surface area is 275 Å². The minimum absolute atomic E-state index is 0.0549. The number of rotatable bonds is 15. The molecule has 2 N–H and O–H groups in total. The molecule has 0 fully saturated rings. The van der Waals surface area contributed by atoms with E-state index in [2.05, 4.69) is 25.5 Å². The second-order valence-electron chi connectivity index (χ2n) is 14.4. The number of fused-ring (bicyclic) bond motifs is 1. The van der Waals surface area contributed by atoms with E-state index in [1.807, 2.05) is 27.7 Å². The van der Waals surface area contributed by atoms with E-state index in [0.717, 1.165) is 6.07 Å². The largest absolute Gasteiger partial charge is 0.573 e. The van der Waals surface area contributed by atoms with Crippen LogP contribution in [0, 0.1) is 16.2 Å². The lowest BCUT2D eigenvalue weighted by Crippen LogP contribution is -2.44. The molecule has 0 aliphatic carbocycles. The summed E-state index contributed by atoms with van der Waals surface area (Å²) in [5.41, 5.74) is -0.502. The summed E-state index contributed by atoms with van der Waals surface area (Å²) in [6, 6.07) is 10.8. The van der Waals surface area contributed by atoms with Gasteiger partial charge in [-0.3, -0.25) is 4.79 Å². The zero-order chi connectivity index (χ0) is 35.2. The molecule has 2 aromatic carbocycles. The van der Waals surface area contributed by atoms with Gasteiger partial charge in [-0.2, -0.15) is 0 Å². The molecule has 0 spiro atoms. The van der Waals surface area contributed by atoms with Crippen LogP contribution in [0.4, 0.5) is 13.2 Å². The van der Waals surface area contributed by atoms with Crippen LogP contribution in [0.25, 0.3) is 22.3 Å². The molecule has 8 nitrogen and oxygen atoms in total. The molecule has 3 unspecified atom stereocenters. The number of carbonyl (C=O) groups excluding carboxylic acids is 1. The average Bonchev–Trinajstić information content (AvgIpc) is 3.37.